The van der Waals surface area contributed by atoms with E-state index in [1.165, 1.54) is 5.56 Å². The largest absolute Gasteiger partial charge is 0.480 e. The SMILES string of the molecule is O=C(O)CNc1cc(N2CCN(CCCc3ccc(Cl)cc3)CC2)c2noc3c2c1C(=O)c1ccccc1-3. The van der Waals surface area contributed by atoms with Gasteiger partial charge in [-0.2, -0.15) is 0 Å². The predicted molar refractivity (Wildman–Crippen MR) is 147 cm³/mol. The number of aliphatic carboxylic acids is 1. The Morgan fingerprint density at radius 3 is 2.53 bits per heavy atom. The summed E-state index contributed by atoms with van der Waals surface area (Å²) in [4.78, 5) is 29.6. The highest BCUT2D eigenvalue weighted by molar-refractivity contribution is 6.30. The van der Waals surface area contributed by atoms with E-state index < -0.39 is 5.97 Å². The Kier molecular flexibility index (Phi) is 6.51. The van der Waals surface area contributed by atoms with Crippen LogP contribution >= 0.6 is 11.6 Å². The highest BCUT2D eigenvalue weighted by Crippen LogP contribution is 2.45. The van der Waals surface area contributed by atoms with Crippen molar-refractivity contribution in [2.24, 2.45) is 0 Å². The highest BCUT2D eigenvalue weighted by atomic mass is 35.5. The molecule has 0 atom stereocenters. The molecule has 1 aliphatic carbocycles. The summed E-state index contributed by atoms with van der Waals surface area (Å²) in [5.74, 6) is -0.613. The topological polar surface area (TPSA) is 98.9 Å². The number of carbonyl (C=O) groups is 2. The van der Waals surface area contributed by atoms with Crippen molar-refractivity contribution in [3.63, 3.8) is 0 Å². The molecule has 2 N–H and O–H groups in total. The minimum Gasteiger partial charge on any atom is -0.480 e. The zero-order valence-electron chi connectivity index (χ0n) is 20.7. The molecule has 1 fully saturated rings. The van der Waals surface area contributed by atoms with E-state index in [0.29, 0.717) is 39.0 Å². The van der Waals surface area contributed by atoms with Gasteiger partial charge in [-0.15, -0.1) is 0 Å². The summed E-state index contributed by atoms with van der Waals surface area (Å²) in [5, 5.41) is 18.1. The van der Waals surface area contributed by atoms with Crippen molar-refractivity contribution in [2.75, 3.05) is 49.5 Å². The van der Waals surface area contributed by atoms with E-state index in [2.05, 4.69) is 32.4 Å². The molecule has 1 aliphatic heterocycles. The van der Waals surface area contributed by atoms with Crippen molar-refractivity contribution < 1.29 is 19.2 Å². The first-order chi connectivity index (χ1) is 18.5. The van der Waals surface area contributed by atoms with Gasteiger partial charge >= 0.3 is 5.97 Å². The number of nitrogens with zero attached hydrogens (tertiary/aromatic N) is 3. The number of nitrogens with one attached hydrogen (secondary N) is 1. The molecule has 38 heavy (non-hydrogen) atoms. The first kappa shape index (κ1) is 24.5. The monoisotopic (exact) mass is 530 g/mol. The zero-order valence-corrected chi connectivity index (χ0v) is 21.5. The maximum absolute atomic E-state index is 13.5. The summed E-state index contributed by atoms with van der Waals surface area (Å²) in [6.07, 6.45) is 2.08. The number of halogens is 1. The Morgan fingerprint density at radius 1 is 1.05 bits per heavy atom. The van der Waals surface area contributed by atoms with Crippen LogP contribution in [0.25, 0.3) is 22.2 Å². The van der Waals surface area contributed by atoms with E-state index in [-0.39, 0.29) is 12.3 Å². The van der Waals surface area contributed by atoms with E-state index in [9.17, 15) is 14.7 Å². The molecule has 9 heteroatoms. The first-order valence-electron chi connectivity index (χ1n) is 12.8. The Hall–Kier alpha value is -3.88. The van der Waals surface area contributed by atoms with E-state index in [1.54, 1.807) is 6.07 Å². The molecular formula is C29H27ClN4O4. The van der Waals surface area contributed by atoms with Gasteiger partial charge in [-0.05, 0) is 43.1 Å². The number of hydrogen-bond donors (Lipinski definition) is 2. The van der Waals surface area contributed by atoms with Crippen LogP contribution < -0.4 is 10.2 Å². The molecule has 6 rings (SSSR count). The van der Waals surface area contributed by atoms with Crippen LogP contribution in [-0.2, 0) is 11.2 Å². The Balaban J connectivity index is 1.24. The number of hydrogen-bond acceptors (Lipinski definition) is 7. The number of carboxylic acid groups (broad SMARTS) is 1. The van der Waals surface area contributed by atoms with Gasteiger partial charge in [-0.25, -0.2) is 0 Å². The molecule has 2 aliphatic rings. The number of ketones is 1. The fraction of sp³-hybridized carbons (Fsp3) is 0.276. The molecule has 0 saturated carbocycles. The lowest BCUT2D eigenvalue weighted by Crippen LogP contribution is -2.46. The fourth-order valence-electron chi connectivity index (χ4n) is 5.46. The maximum Gasteiger partial charge on any atom is 0.322 e. The Bertz CT molecular complexity index is 1520. The summed E-state index contributed by atoms with van der Waals surface area (Å²) in [7, 11) is 0. The average molecular weight is 531 g/mol. The molecule has 0 amide bonds. The quantitative estimate of drug-likeness (QED) is 0.291. The maximum atomic E-state index is 13.5. The van der Waals surface area contributed by atoms with Gasteiger partial charge in [0.05, 0.1) is 16.6 Å². The standard InChI is InChI=1S/C29H27ClN4O4/c30-19-9-7-18(8-10-19)4-3-11-33-12-14-34(15-13-33)23-16-22(31-17-24(35)36)25-26-27(23)32-38-29(26)21-6-2-1-5-20(21)28(25)37/h1-2,5-10,16,31H,3-4,11-15,17H2,(H,35,36). The molecule has 3 aromatic carbocycles. The molecule has 0 spiro atoms. The van der Waals surface area contributed by atoms with Crippen molar-refractivity contribution in [1.82, 2.24) is 10.1 Å². The lowest BCUT2D eigenvalue weighted by Gasteiger charge is -2.36. The lowest BCUT2D eigenvalue weighted by molar-refractivity contribution is -0.134. The highest BCUT2D eigenvalue weighted by Gasteiger charge is 2.34. The van der Waals surface area contributed by atoms with Gasteiger partial charge in [0.1, 0.15) is 12.1 Å². The summed E-state index contributed by atoms with van der Waals surface area (Å²) in [6.45, 7) is 4.09. The van der Waals surface area contributed by atoms with Crippen molar-refractivity contribution in [2.45, 2.75) is 12.8 Å². The second-order valence-corrected chi connectivity index (χ2v) is 10.2. The van der Waals surface area contributed by atoms with Gasteiger partial charge in [0.2, 0.25) is 0 Å². The van der Waals surface area contributed by atoms with Gasteiger partial charge in [0.15, 0.2) is 11.5 Å². The third-order valence-corrected chi connectivity index (χ3v) is 7.63. The van der Waals surface area contributed by atoms with Crippen LogP contribution in [0.2, 0.25) is 5.02 Å². The number of anilines is 2. The first-order valence-corrected chi connectivity index (χ1v) is 13.2. The summed E-state index contributed by atoms with van der Waals surface area (Å²) in [5.41, 5.74) is 4.91. The molecule has 0 bridgehead atoms. The zero-order chi connectivity index (χ0) is 26.2. The minimum atomic E-state index is -1.000. The van der Waals surface area contributed by atoms with E-state index >= 15 is 0 Å². The lowest BCUT2D eigenvalue weighted by atomic mass is 9.86. The fourth-order valence-corrected chi connectivity index (χ4v) is 5.59. The van der Waals surface area contributed by atoms with E-state index in [4.69, 9.17) is 16.1 Å². The molecule has 2 heterocycles. The summed E-state index contributed by atoms with van der Waals surface area (Å²) >= 11 is 5.99. The van der Waals surface area contributed by atoms with Crippen LogP contribution in [0.15, 0.2) is 59.1 Å². The van der Waals surface area contributed by atoms with Crippen molar-refractivity contribution in [3.05, 3.63) is 76.3 Å². The number of fused-ring (bicyclic) bond motifs is 2. The number of benzene rings is 3. The summed E-state index contributed by atoms with van der Waals surface area (Å²) < 4.78 is 5.82. The van der Waals surface area contributed by atoms with Gasteiger partial charge in [-0.1, -0.05) is 53.2 Å². The third kappa shape index (κ3) is 4.50. The molecule has 8 nitrogen and oxygen atoms in total. The van der Waals surface area contributed by atoms with Crippen molar-refractivity contribution >= 4 is 45.6 Å². The Labute approximate surface area is 224 Å². The number of rotatable bonds is 8. The molecular weight excluding hydrogens is 504 g/mol. The van der Waals surface area contributed by atoms with Gasteiger partial charge in [0.25, 0.3) is 0 Å². The summed E-state index contributed by atoms with van der Waals surface area (Å²) in [6, 6.07) is 17.2. The minimum absolute atomic E-state index is 0.161. The van der Waals surface area contributed by atoms with Gasteiger partial charge in [-0.3, -0.25) is 14.5 Å². The van der Waals surface area contributed by atoms with Crippen LogP contribution in [0, 0.1) is 0 Å². The molecule has 0 radical (unpaired) electrons. The van der Waals surface area contributed by atoms with Crippen LogP contribution in [0.5, 0.6) is 0 Å². The molecule has 1 aromatic heterocycles. The number of aryl methyl sites for hydroxylation is 1. The molecule has 0 unspecified atom stereocenters. The van der Waals surface area contributed by atoms with Crippen LogP contribution in [0.4, 0.5) is 11.4 Å². The number of aromatic nitrogens is 1. The molecule has 1 saturated heterocycles. The van der Waals surface area contributed by atoms with Crippen molar-refractivity contribution in [1.29, 1.82) is 0 Å². The van der Waals surface area contributed by atoms with Crippen LogP contribution in [0.3, 0.4) is 0 Å². The number of carbonyl (C=O) groups excluding carboxylic acids is 1. The van der Waals surface area contributed by atoms with E-state index in [1.807, 2.05) is 36.4 Å². The number of carboxylic acids is 1. The predicted octanol–water partition coefficient (Wildman–Crippen LogP) is 4.94. The second-order valence-electron chi connectivity index (χ2n) is 9.73. The average Bonchev–Trinajstić information content (AvgIpc) is 3.37. The smallest absolute Gasteiger partial charge is 0.322 e. The normalized spacial score (nSPS) is 15.1. The second kappa shape index (κ2) is 10.1. The van der Waals surface area contributed by atoms with Gasteiger partial charge < -0.3 is 19.8 Å². The molecule has 194 valence electrons. The number of piperazine rings is 1. The van der Waals surface area contributed by atoms with E-state index in [0.717, 1.165) is 56.3 Å². The third-order valence-electron chi connectivity index (χ3n) is 7.37. The van der Waals surface area contributed by atoms with Crippen LogP contribution in [-0.4, -0.2) is 66.2 Å². The van der Waals surface area contributed by atoms with Gasteiger partial charge in [0, 0.05) is 48.0 Å². The molecule has 4 aromatic rings. The van der Waals surface area contributed by atoms with Crippen molar-refractivity contribution in [3.8, 4) is 11.3 Å². The Morgan fingerprint density at radius 2 is 1.79 bits per heavy atom. The van der Waals surface area contributed by atoms with Crippen LogP contribution in [0.1, 0.15) is 27.9 Å².